The Morgan fingerprint density at radius 2 is 2.18 bits per heavy atom. The zero-order valence-electron chi connectivity index (χ0n) is 9.40. The van der Waals surface area contributed by atoms with Crippen LogP contribution in [0.2, 0.25) is 0 Å². The van der Waals surface area contributed by atoms with Gasteiger partial charge in [-0.15, -0.1) is 11.3 Å². The van der Waals surface area contributed by atoms with Gasteiger partial charge < -0.3 is 10.6 Å². The molecule has 0 unspecified atom stereocenters. The highest BCUT2D eigenvalue weighted by Crippen LogP contribution is 2.25. The van der Waals surface area contributed by atoms with Crippen LogP contribution in [0.25, 0.3) is 0 Å². The van der Waals surface area contributed by atoms with Gasteiger partial charge in [0.05, 0.1) is 0 Å². The average molecular weight is 313 g/mol. The third kappa shape index (κ3) is 3.17. The molecular weight excluding hydrogens is 300 g/mol. The van der Waals surface area contributed by atoms with Crippen LogP contribution >= 0.6 is 27.3 Å². The molecule has 17 heavy (non-hydrogen) atoms. The van der Waals surface area contributed by atoms with Gasteiger partial charge in [-0.2, -0.15) is 0 Å². The number of hydrogen-bond acceptors (Lipinski definition) is 5. The first-order valence-electron chi connectivity index (χ1n) is 5.25. The van der Waals surface area contributed by atoms with Crippen LogP contribution in [0.1, 0.15) is 4.88 Å². The monoisotopic (exact) mass is 312 g/mol. The van der Waals surface area contributed by atoms with Gasteiger partial charge in [-0.3, -0.25) is 0 Å². The largest absolute Gasteiger partial charge is 0.372 e. The number of nitrogens with one attached hydrogen (secondary N) is 2. The number of aromatic nitrogens is 2. The molecule has 2 aromatic heterocycles. The molecule has 2 aromatic rings. The molecule has 2 heterocycles. The zero-order valence-corrected chi connectivity index (χ0v) is 11.8. The van der Waals surface area contributed by atoms with Crippen molar-refractivity contribution < 1.29 is 0 Å². The van der Waals surface area contributed by atoms with Gasteiger partial charge in [0.2, 0.25) is 0 Å². The molecule has 0 aliphatic rings. The van der Waals surface area contributed by atoms with Gasteiger partial charge in [-0.05, 0) is 33.8 Å². The molecule has 0 bridgehead atoms. The van der Waals surface area contributed by atoms with E-state index in [9.17, 15) is 0 Å². The molecule has 0 spiro atoms. The molecule has 90 valence electrons. The Labute approximate surface area is 113 Å². The predicted molar refractivity (Wildman–Crippen MR) is 75.8 cm³/mol. The highest BCUT2D eigenvalue weighted by Gasteiger charge is 2.06. The summed E-state index contributed by atoms with van der Waals surface area (Å²) in [6, 6.07) is 4.21. The summed E-state index contributed by atoms with van der Waals surface area (Å²) in [5.41, 5.74) is 0. The van der Waals surface area contributed by atoms with Crippen molar-refractivity contribution in [2.75, 3.05) is 24.2 Å². The molecule has 0 aliphatic heterocycles. The third-order valence-electron chi connectivity index (χ3n) is 2.27. The second-order valence-corrected chi connectivity index (χ2v) is 5.22. The second-order valence-electron chi connectivity index (χ2n) is 3.39. The van der Waals surface area contributed by atoms with Crippen molar-refractivity contribution in [1.82, 2.24) is 9.97 Å². The quantitative estimate of drug-likeness (QED) is 0.891. The lowest BCUT2D eigenvalue weighted by Gasteiger charge is -2.09. The summed E-state index contributed by atoms with van der Waals surface area (Å²) in [5.74, 6) is 1.61. The van der Waals surface area contributed by atoms with Crippen LogP contribution in [0.15, 0.2) is 28.3 Å². The summed E-state index contributed by atoms with van der Waals surface area (Å²) in [6.07, 6.45) is 2.55. The normalized spacial score (nSPS) is 10.2. The minimum absolute atomic E-state index is 0.790. The number of hydrogen-bond donors (Lipinski definition) is 2. The summed E-state index contributed by atoms with van der Waals surface area (Å²) in [5, 5.41) is 8.39. The van der Waals surface area contributed by atoms with E-state index in [0.29, 0.717) is 0 Å². The van der Waals surface area contributed by atoms with Crippen molar-refractivity contribution >= 4 is 38.9 Å². The fraction of sp³-hybridized carbons (Fsp3) is 0.273. The lowest BCUT2D eigenvalue weighted by molar-refractivity contribution is 1.01. The Morgan fingerprint density at radius 3 is 2.88 bits per heavy atom. The molecule has 0 fully saturated rings. The van der Waals surface area contributed by atoms with Crippen LogP contribution in [0.3, 0.4) is 0 Å². The van der Waals surface area contributed by atoms with E-state index in [-0.39, 0.29) is 0 Å². The molecule has 0 aliphatic carbocycles. The van der Waals surface area contributed by atoms with Gasteiger partial charge >= 0.3 is 0 Å². The molecule has 4 nitrogen and oxygen atoms in total. The number of anilines is 2. The van der Waals surface area contributed by atoms with Gasteiger partial charge in [0, 0.05) is 18.5 Å². The van der Waals surface area contributed by atoms with Crippen molar-refractivity contribution in [2.24, 2.45) is 0 Å². The van der Waals surface area contributed by atoms with Gasteiger partial charge in [0.1, 0.15) is 22.4 Å². The molecular formula is C11H13BrN4S. The SMILES string of the molecule is CNc1ncnc(NCCc2cccs2)c1Br. The molecule has 0 saturated carbocycles. The summed E-state index contributed by atoms with van der Waals surface area (Å²) in [6.45, 7) is 0.860. The summed E-state index contributed by atoms with van der Waals surface area (Å²) < 4.78 is 0.869. The summed E-state index contributed by atoms with van der Waals surface area (Å²) >= 11 is 5.25. The molecule has 0 saturated heterocycles. The van der Waals surface area contributed by atoms with E-state index in [4.69, 9.17) is 0 Å². The average Bonchev–Trinajstić information content (AvgIpc) is 2.84. The van der Waals surface area contributed by atoms with Crippen molar-refractivity contribution in [3.63, 3.8) is 0 Å². The zero-order chi connectivity index (χ0) is 12.1. The number of rotatable bonds is 5. The van der Waals surface area contributed by atoms with E-state index in [1.807, 2.05) is 7.05 Å². The highest BCUT2D eigenvalue weighted by molar-refractivity contribution is 9.10. The van der Waals surface area contributed by atoms with E-state index in [1.165, 1.54) is 4.88 Å². The molecule has 0 atom stereocenters. The van der Waals surface area contributed by atoms with Crippen molar-refractivity contribution in [1.29, 1.82) is 0 Å². The van der Waals surface area contributed by atoms with Gasteiger partial charge in [-0.1, -0.05) is 6.07 Å². The summed E-state index contributed by atoms with van der Waals surface area (Å²) in [7, 11) is 1.84. The molecule has 2 rings (SSSR count). The first-order valence-corrected chi connectivity index (χ1v) is 6.93. The number of halogens is 1. The van der Waals surface area contributed by atoms with E-state index in [0.717, 1.165) is 29.1 Å². The first kappa shape index (κ1) is 12.3. The van der Waals surface area contributed by atoms with Gasteiger partial charge in [0.15, 0.2) is 0 Å². The topological polar surface area (TPSA) is 49.8 Å². The minimum Gasteiger partial charge on any atom is -0.372 e. The lowest BCUT2D eigenvalue weighted by atomic mass is 10.3. The smallest absolute Gasteiger partial charge is 0.145 e. The van der Waals surface area contributed by atoms with E-state index < -0.39 is 0 Å². The van der Waals surface area contributed by atoms with Gasteiger partial charge in [-0.25, -0.2) is 9.97 Å². The highest BCUT2D eigenvalue weighted by atomic mass is 79.9. The van der Waals surface area contributed by atoms with Gasteiger partial charge in [0.25, 0.3) is 0 Å². The maximum Gasteiger partial charge on any atom is 0.145 e. The molecule has 0 aromatic carbocycles. The van der Waals surface area contributed by atoms with E-state index >= 15 is 0 Å². The van der Waals surface area contributed by atoms with Crippen molar-refractivity contribution in [3.05, 3.63) is 33.2 Å². The first-order chi connectivity index (χ1) is 8.31. The van der Waals surface area contributed by atoms with Crippen LogP contribution in [-0.4, -0.2) is 23.6 Å². The van der Waals surface area contributed by atoms with Crippen molar-refractivity contribution in [2.45, 2.75) is 6.42 Å². The van der Waals surface area contributed by atoms with Crippen LogP contribution in [0, 0.1) is 0 Å². The maximum absolute atomic E-state index is 4.20. The van der Waals surface area contributed by atoms with E-state index in [1.54, 1.807) is 17.7 Å². The fourth-order valence-electron chi connectivity index (χ4n) is 1.43. The Hall–Kier alpha value is -1.14. The Kier molecular flexibility index (Phi) is 4.33. The van der Waals surface area contributed by atoms with Crippen molar-refractivity contribution in [3.8, 4) is 0 Å². The van der Waals surface area contributed by atoms with Crippen LogP contribution in [-0.2, 0) is 6.42 Å². The van der Waals surface area contributed by atoms with Crippen LogP contribution < -0.4 is 10.6 Å². The van der Waals surface area contributed by atoms with Crippen LogP contribution in [0.5, 0.6) is 0 Å². The second kappa shape index (κ2) is 5.97. The lowest BCUT2D eigenvalue weighted by Crippen LogP contribution is -2.07. The van der Waals surface area contributed by atoms with Crippen LogP contribution in [0.4, 0.5) is 11.6 Å². The Balaban J connectivity index is 1.95. The number of thiophene rings is 1. The minimum atomic E-state index is 0.790. The third-order valence-corrected chi connectivity index (χ3v) is 3.96. The molecule has 2 N–H and O–H groups in total. The Bertz CT molecular complexity index is 472. The Morgan fingerprint density at radius 1 is 1.35 bits per heavy atom. The van der Waals surface area contributed by atoms with E-state index in [2.05, 4.69) is 54.0 Å². The fourth-order valence-corrected chi connectivity index (χ4v) is 2.68. The molecule has 6 heteroatoms. The predicted octanol–water partition coefficient (Wildman–Crippen LogP) is 3.00. The number of nitrogens with zero attached hydrogens (tertiary/aromatic N) is 2. The summed E-state index contributed by atoms with van der Waals surface area (Å²) in [4.78, 5) is 9.68. The molecule has 0 radical (unpaired) electrons. The maximum atomic E-state index is 4.20. The standard InChI is InChI=1S/C11H13BrN4S/c1-13-10-9(12)11(16-7-15-10)14-5-4-8-3-2-6-17-8/h2-3,6-7H,4-5H2,1H3,(H2,13,14,15,16). The molecule has 0 amide bonds.